The number of hydrogen-bond acceptors (Lipinski definition) is 5. The molecule has 6 rings (SSSR count). The first-order valence-corrected chi connectivity index (χ1v) is 10.7. The normalized spacial score (nSPS) is 18.2. The lowest BCUT2D eigenvalue weighted by Gasteiger charge is -2.37. The average molecular weight is 427 g/mol. The van der Waals surface area contributed by atoms with Crippen molar-refractivity contribution in [2.75, 3.05) is 5.32 Å². The largest absolute Gasteiger partial charge is 0.367 e. The van der Waals surface area contributed by atoms with Crippen molar-refractivity contribution < 1.29 is 0 Å². The van der Waals surface area contributed by atoms with Crippen molar-refractivity contribution in [2.45, 2.75) is 24.8 Å². The highest BCUT2D eigenvalue weighted by molar-refractivity contribution is 6.32. The fourth-order valence-electron chi connectivity index (χ4n) is 4.30. The maximum atomic E-state index is 6.66. The highest BCUT2D eigenvalue weighted by Crippen LogP contribution is 2.42. The molecule has 0 amide bonds. The summed E-state index contributed by atoms with van der Waals surface area (Å²) < 4.78 is 0. The minimum absolute atomic E-state index is 0.341. The van der Waals surface area contributed by atoms with Crippen LogP contribution in [0.15, 0.2) is 67.1 Å². The van der Waals surface area contributed by atoms with Crippen LogP contribution in [0.25, 0.3) is 33.2 Å². The van der Waals surface area contributed by atoms with Gasteiger partial charge in [-0.3, -0.25) is 5.10 Å². The van der Waals surface area contributed by atoms with Crippen LogP contribution in [0.4, 0.5) is 5.82 Å². The highest BCUT2D eigenvalue weighted by Gasteiger charge is 2.32. The molecule has 1 fully saturated rings. The summed E-state index contributed by atoms with van der Waals surface area (Å²) >= 11 is 6.66. The van der Waals surface area contributed by atoms with Gasteiger partial charge in [-0.1, -0.05) is 48.0 Å². The van der Waals surface area contributed by atoms with E-state index in [1.54, 1.807) is 12.5 Å². The fourth-order valence-corrected chi connectivity index (χ4v) is 4.63. The van der Waals surface area contributed by atoms with Crippen LogP contribution < -0.4 is 5.32 Å². The number of rotatable bonds is 4. The van der Waals surface area contributed by atoms with Gasteiger partial charge in [-0.05, 0) is 42.5 Å². The van der Waals surface area contributed by atoms with Crippen LogP contribution in [-0.4, -0.2) is 31.2 Å². The molecule has 0 unspecified atom stereocenters. The zero-order valence-electron chi connectivity index (χ0n) is 16.6. The van der Waals surface area contributed by atoms with Gasteiger partial charge in [0.1, 0.15) is 12.1 Å². The molecule has 0 saturated heterocycles. The third-order valence-corrected chi connectivity index (χ3v) is 6.37. The third kappa shape index (κ3) is 3.29. The van der Waals surface area contributed by atoms with Crippen LogP contribution in [0.5, 0.6) is 0 Å². The van der Waals surface area contributed by atoms with Crippen molar-refractivity contribution >= 4 is 39.4 Å². The van der Waals surface area contributed by atoms with Crippen molar-refractivity contribution in [2.24, 2.45) is 0 Å². The van der Waals surface area contributed by atoms with Crippen LogP contribution in [0.3, 0.4) is 0 Å². The molecule has 3 heterocycles. The monoisotopic (exact) mass is 426 g/mol. The van der Waals surface area contributed by atoms with Gasteiger partial charge in [-0.2, -0.15) is 5.10 Å². The molecule has 0 bridgehead atoms. The molecule has 2 N–H and O–H groups in total. The Labute approximate surface area is 183 Å². The molecule has 7 heteroatoms. The number of benzene rings is 2. The molecule has 31 heavy (non-hydrogen) atoms. The Hall–Kier alpha value is -3.51. The maximum absolute atomic E-state index is 6.66. The van der Waals surface area contributed by atoms with E-state index in [4.69, 9.17) is 16.6 Å². The van der Waals surface area contributed by atoms with Crippen molar-refractivity contribution in [3.05, 3.63) is 77.7 Å². The zero-order valence-corrected chi connectivity index (χ0v) is 17.3. The van der Waals surface area contributed by atoms with Crippen molar-refractivity contribution in [1.29, 1.82) is 0 Å². The van der Waals surface area contributed by atoms with Gasteiger partial charge < -0.3 is 5.32 Å². The summed E-state index contributed by atoms with van der Waals surface area (Å²) in [6.45, 7) is 0. The van der Waals surface area contributed by atoms with Gasteiger partial charge in [-0.15, -0.1) is 0 Å². The van der Waals surface area contributed by atoms with Crippen LogP contribution in [0, 0.1) is 0 Å². The topological polar surface area (TPSA) is 79.4 Å². The lowest BCUT2D eigenvalue weighted by molar-refractivity contribution is 0.374. The van der Waals surface area contributed by atoms with E-state index >= 15 is 0 Å². The van der Waals surface area contributed by atoms with E-state index in [1.165, 1.54) is 5.56 Å². The van der Waals surface area contributed by atoms with E-state index in [9.17, 15) is 0 Å². The van der Waals surface area contributed by atoms with Crippen molar-refractivity contribution in [1.82, 2.24) is 25.1 Å². The Balaban J connectivity index is 1.24. The number of anilines is 1. The molecule has 0 atom stereocenters. The van der Waals surface area contributed by atoms with E-state index in [0.29, 0.717) is 12.0 Å². The van der Waals surface area contributed by atoms with Gasteiger partial charge >= 0.3 is 0 Å². The van der Waals surface area contributed by atoms with Crippen molar-refractivity contribution in [3.8, 4) is 11.3 Å². The van der Waals surface area contributed by atoms with E-state index < -0.39 is 0 Å². The SMILES string of the molecule is Clc1cc2ccc(-c3ccccc3)nc2cc1C1CC(Nc2ncnc3[nH]ncc23)C1. The van der Waals surface area contributed by atoms with E-state index in [-0.39, 0.29) is 0 Å². The van der Waals surface area contributed by atoms with Gasteiger partial charge in [-0.25, -0.2) is 15.0 Å². The third-order valence-electron chi connectivity index (χ3n) is 6.04. The molecule has 0 radical (unpaired) electrons. The molecule has 1 saturated carbocycles. The highest BCUT2D eigenvalue weighted by atomic mass is 35.5. The van der Waals surface area contributed by atoms with E-state index in [0.717, 1.165) is 56.9 Å². The molecule has 1 aliphatic carbocycles. The first kappa shape index (κ1) is 18.3. The fraction of sp³-hybridized carbons (Fsp3) is 0.167. The molecule has 5 aromatic rings. The Morgan fingerprint density at radius 1 is 1.00 bits per heavy atom. The molecule has 2 aromatic carbocycles. The predicted octanol–water partition coefficient (Wildman–Crippen LogP) is 5.58. The number of nitrogens with one attached hydrogen (secondary N) is 2. The van der Waals surface area contributed by atoms with Crippen LogP contribution in [0.1, 0.15) is 24.3 Å². The minimum Gasteiger partial charge on any atom is -0.367 e. The molecule has 152 valence electrons. The summed E-state index contributed by atoms with van der Waals surface area (Å²) in [4.78, 5) is 13.5. The second kappa shape index (κ2) is 7.32. The smallest absolute Gasteiger partial charge is 0.160 e. The number of pyridine rings is 1. The molecule has 0 aliphatic heterocycles. The number of halogens is 1. The number of fused-ring (bicyclic) bond motifs is 2. The summed E-state index contributed by atoms with van der Waals surface area (Å²) in [5, 5.41) is 13.2. The Kier molecular flexibility index (Phi) is 4.32. The number of aromatic nitrogens is 5. The molecule has 6 nitrogen and oxygen atoms in total. The van der Waals surface area contributed by atoms with Gasteiger partial charge in [0.25, 0.3) is 0 Å². The van der Waals surface area contributed by atoms with Gasteiger partial charge in [0.15, 0.2) is 5.65 Å². The van der Waals surface area contributed by atoms with Gasteiger partial charge in [0, 0.05) is 22.0 Å². The summed E-state index contributed by atoms with van der Waals surface area (Å²) in [6.07, 6.45) is 5.29. The first-order chi connectivity index (χ1) is 15.2. The maximum Gasteiger partial charge on any atom is 0.160 e. The number of H-pyrrole nitrogens is 1. The first-order valence-electron chi connectivity index (χ1n) is 10.3. The van der Waals surface area contributed by atoms with Gasteiger partial charge in [0.05, 0.1) is 22.8 Å². The second-order valence-corrected chi connectivity index (χ2v) is 8.40. The Morgan fingerprint density at radius 3 is 2.74 bits per heavy atom. The van der Waals surface area contributed by atoms with Crippen LogP contribution in [-0.2, 0) is 0 Å². The molecule has 1 aliphatic rings. The molecule has 0 spiro atoms. The standard InChI is InChI=1S/C24H19ClN6/c25-20-10-15-6-7-21(14-4-2-1-3-5-14)30-22(15)11-18(20)16-8-17(9-16)29-23-19-12-28-31-24(19)27-13-26-23/h1-7,10-13,16-17H,8-9H2,(H2,26,27,28,29,31). The minimum atomic E-state index is 0.341. The lowest BCUT2D eigenvalue weighted by Crippen LogP contribution is -2.34. The number of aromatic amines is 1. The average Bonchev–Trinajstić information content (AvgIpc) is 3.26. The summed E-state index contributed by atoms with van der Waals surface area (Å²) in [6, 6.07) is 18.9. The van der Waals surface area contributed by atoms with E-state index in [1.807, 2.05) is 24.3 Å². The quantitative estimate of drug-likeness (QED) is 0.392. The molecular weight excluding hydrogens is 408 g/mol. The summed E-state index contributed by atoms with van der Waals surface area (Å²) in [5.74, 6) is 1.22. The number of hydrogen-bond donors (Lipinski definition) is 2. The Bertz CT molecular complexity index is 1390. The van der Waals surface area contributed by atoms with Crippen LogP contribution >= 0.6 is 11.6 Å². The molecular formula is C24H19ClN6. The van der Waals surface area contributed by atoms with Gasteiger partial charge in [0.2, 0.25) is 0 Å². The summed E-state index contributed by atoms with van der Waals surface area (Å²) in [5.41, 5.74) is 4.98. The second-order valence-electron chi connectivity index (χ2n) is 7.99. The predicted molar refractivity (Wildman–Crippen MR) is 123 cm³/mol. The molecule has 3 aromatic heterocycles. The zero-order chi connectivity index (χ0) is 20.8. The number of nitrogens with zero attached hydrogens (tertiary/aromatic N) is 4. The van der Waals surface area contributed by atoms with Crippen LogP contribution in [0.2, 0.25) is 5.02 Å². The van der Waals surface area contributed by atoms with Crippen molar-refractivity contribution in [3.63, 3.8) is 0 Å². The van der Waals surface area contributed by atoms with E-state index in [2.05, 4.69) is 55.8 Å². The summed E-state index contributed by atoms with van der Waals surface area (Å²) in [7, 11) is 0. The lowest BCUT2D eigenvalue weighted by atomic mass is 9.75. The Morgan fingerprint density at radius 2 is 1.87 bits per heavy atom.